The Morgan fingerprint density at radius 1 is 1.32 bits per heavy atom. The molecule has 104 valence electrons. The SMILES string of the molecule is CCNC(CC1CC2CCC1C2)c1cccc(Cl)c1. The van der Waals surface area contributed by atoms with Crippen LogP contribution in [-0.4, -0.2) is 6.54 Å². The average molecular weight is 278 g/mol. The summed E-state index contributed by atoms with van der Waals surface area (Å²) in [6.07, 6.45) is 7.22. The van der Waals surface area contributed by atoms with Crippen molar-refractivity contribution in [1.29, 1.82) is 0 Å². The molecule has 1 aromatic carbocycles. The van der Waals surface area contributed by atoms with Crippen LogP contribution < -0.4 is 5.32 Å². The van der Waals surface area contributed by atoms with Crippen LogP contribution in [-0.2, 0) is 0 Å². The van der Waals surface area contributed by atoms with Crippen LogP contribution in [0.25, 0.3) is 0 Å². The van der Waals surface area contributed by atoms with Crippen molar-refractivity contribution in [2.24, 2.45) is 17.8 Å². The lowest BCUT2D eigenvalue weighted by atomic mass is 9.83. The molecule has 0 radical (unpaired) electrons. The number of hydrogen-bond donors (Lipinski definition) is 1. The molecular weight excluding hydrogens is 254 g/mol. The summed E-state index contributed by atoms with van der Waals surface area (Å²) in [5, 5.41) is 4.51. The highest BCUT2D eigenvalue weighted by molar-refractivity contribution is 6.30. The molecule has 4 unspecified atom stereocenters. The van der Waals surface area contributed by atoms with E-state index >= 15 is 0 Å². The molecule has 0 amide bonds. The third kappa shape index (κ3) is 2.98. The van der Waals surface area contributed by atoms with Gasteiger partial charge in [0.15, 0.2) is 0 Å². The molecule has 0 aliphatic heterocycles. The molecule has 0 spiro atoms. The maximum absolute atomic E-state index is 6.14. The lowest BCUT2D eigenvalue weighted by Crippen LogP contribution is -2.25. The van der Waals surface area contributed by atoms with Crippen molar-refractivity contribution in [3.63, 3.8) is 0 Å². The Kier molecular flexibility index (Phi) is 4.14. The minimum Gasteiger partial charge on any atom is -0.310 e. The minimum atomic E-state index is 0.480. The zero-order chi connectivity index (χ0) is 13.2. The third-order valence-corrected chi connectivity index (χ3v) is 5.36. The molecule has 2 saturated carbocycles. The highest BCUT2D eigenvalue weighted by Gasteiger charge is 2.40. The van der Waals surface area contributed by atoms with Crippen LogP contribution >= 0.6 is 11.6 Å². The summed E-state index contributed by atoms with van der Waals surface area (Å²) < 4.78 is 0. The summed E-state index contributed by atoms with van der Waals surface area (Å²) in [5.74, 6) is 2.98. The summed E-state index contributed by atoms with van der Waals surface area (Å²) >= 11 is 6.14. The van der Waals surface area contributed by atoms with Crippen LogP contribution in [0.2, 0.25) is 5.02 Å². The molecule has 19 heavy (non-hydrogen) atoms. The molecule has 2 aliphatic rings. The fourth-order valence-electron chi connectivity index (χ4n) is 4.27. The summed E-state index contributed by atoms with van der Waals surface area (Å²) in [6, 6.07) is 8.86. The van der Waals surface area contributed by atoms with Gasteiger partial charge in [0.05, 0.1) is 0 Å². The van der Waals surface area contributed by atoms with Gasteiger partial charge in [-0.05, 0) is 67.7 Å². The largest absolute Gasteiger partial charge is 0.310 e. The summed E-state index contributed by atoms with van der Waals surface area (Å²) in [7, 11) is 0. The number of rotatable bonds is 5. The van der Waals surface area contributed by atoms with Gasteiger partial charge in [0.1, 0.15) is 0 Å². The number of fused-ring (bicyclic) bond motifs is 2. The number of benzene rings is 1. The van der Waals surface area contributed by atoms with Crippen LogP contribution in [0.15, 0.2) is 24.3 Å². The van der Waals surface area contributed by atoms with Gasteiger partial charge in [0, 0.05) is 11.1 Å². The molecule has 0 heterocycles. The topological polar surface area (TPSA) is 12.0 Å². The fraction of sp³-hybridized carbons (Fsp3) is 0.647. The first kappa shape index (κ1) is 13.5. The van der Waals surface area contributed by atoms with Gasteiger partial charge in [-0.2, -0.15) is 0 Å². The zero-order valence-corrected chi connectivity index (χ0v) is 12.5. The van der Waals surface area contributed by atoms with Crippen molar-refractivity contribution < 1.29 is 0 Å². The number of halogens is 1. The maximum atomic E-state index is 6.14. The number of hydrogen-bond acceptors (Lipinski definition) is 1. The molecule has 1 aromatic rings. The lowest BCUT2D eigenvalue weighted by molar-refractivity contribution is 0.280. The van der Waals surface area contributed by atoms with Gasteiger partial charge in [0.25, 0.3) is 0 Å². The van der Waals surface area contributed by atoms with E-state index in [0.29, 0.717) is 6.04 Å². The van der Waals surface area contributed by atoms with Crippen molar-refractivity contribution in [2.45, 2.75) is 45.1 Å². The molecule has 0 saturated heterocycles. The van der Waals surface area contributed by atoms with Crippen molar-refractivity contribution in [3.8, 4) is 0 Å². The van der Waals surface area contributed by atoms with Crippen LogP contribution in [0.3, 0.4) is 0 Å². The predicted molar refractivity (Wildman–Crippen MR) is 81.4 cm³/mol. The first-order valence-electron chi connectivity index (χ1n) is 7.75. The van der Waals surface area contributed by atoms with Crippen molar-refractivity contribution >= 4 is 11.6 Å². The quantitative estimate of drug-likeness (QED) is 0.814. The minimum absolute atomic E-state index is 0.480. The van der Waals surface area contributed by atoms with Gasteiger partial charge in [-0.3, -0.25) is 0 Å². The van der Waals surface area contributed by atoms with Crippen LogP contribution in [0.1, 0.15) is 50.6 Å². The maximum Gasteiger partial charge on any atom is 0.0409 e. The first-order chi connectivity index (χ1) is 9.26. The van der Waals surface area contributed by atoms with E-state index in [-0.39, 0.29) is 0 Å². The molecule has 4 atom stereocenters. The molecule has 3 rings (SSSR count). The summed E-state index contributed by atoms with van der Waals surface area (Å²) in [4.78, 5) is 0. The van der Waals surface area contributed by atoms with E-state index < -0.39 is 0 Å². The van der Waals surface area contributed by atoms with Crippen LogP contribution in [0, 0.1) is 17.8 Å². The molecule has 2 heteroatoms. The lowest BCUT2D eigenvalue weighted by Gasteiger charge is -2.27. The van der Waals surface area contributed by atoms with Gasteiger partial charge >= 0.3 is 0 Å². The Bertz CT molecular complexity index is 431. The fourth-order valence-corrected chi connectivity index (χ4v) is 4.47. The Hall–Kier alpha value is -0.530. The Morgan fingerprint density at radius 3 is 2.84 bits per heavy atom. The second-order valence-corrected chi connectivity index (χ2v) is 6.77. The highest BCUT2D eigenvalue weighted by Crippen LogP contribution is 2.50. The van der Waals surface area contributed by atoms with Gasteiger partial charge in [-0.1, -0.05) is 37.1 Å². The molecule has 1 N–H and O–H groups in total. The zero-order valence-electron chi connectivity index (χ0n) is 11.7. The molecule has 1 nitrogen and oxygen atoms in total. The van der Waals surface area contributed by atoms with Gasteiger partial charge in [-0.15, -0.1) is 0 Å². The average Bonchev–Trinajstić information content (AvgIpc) is 3.00. The monoisotopic (exact) mass is 277 g/mol. The molecule has 2 aliphatic carbocycles. The normalized spacial score (nSPS) is 30.7. The Balaban J connectivity index is 1.70. The number of nitrogens with one attached hydrogen (secondary N) is 1. The van der Waals surface area contributed by atoms with Crippen molar-refractivity contribution in [1.82, 2.24) is 5.32 Å². The van der Waals surface area contributed by atoms with E-state index in [0.717, 1.165) is 29.3 Å². The standard InChI is InChI=1S/C17H24ClN/c1-2-19-17(14-4-3-5-16(18)10-14)11-15-9-12-6-7-13(15)8-12/h3-5,10,12-13,15,17,19H,2,6-9,11H2,1H3. The van der Waals surface area contributed by atoms with Gasteiger partial charge < -0.3 is 5.32 Å². The van der Waals surface area contributed by atoms with E-state index in [1.54, 1.807) is 0 Å². The van der Waals surface area contributed by atoms with Crippen LogP contribution in [0.4, 0.5) is 0 Å². The molecule has 2 bridgehead atoms. The first-order valence-corrected chi connectivity index (χ1v) is 8.13. The smallest absolute Gasteiger partial charge is 0.0409 e. The Morgan fingerprint density at radius 2 is 2.21 bits per heavy atom. The summed E-state index contributed by atoms with van der Waals surface area (Å²) in [6.45, 7) is 3.22. The van der Waals surface area contributed by atoms with E-state index in [1.807, 2.05) is 6.07 Å². The van der Waals surface area contributed by atoms with E-state index in [2.05, 4.69) is 30.4 Å². The molecule has 0 aromatic heterocycles. The van der Waals surface area contributed by atoms with Crippen molar-refractivity contribution in [3.05, 3.63) is 34.9 Å². The van der Waals surface area contributed by atoms with Crippen molar-refractivity contribution in [2.75, 3.05) is 6.54 Å². The predicted octanol–water partition coefficient (Wildman–Crippen LogP) is 4.82. The Labute approximate surface area is 121 Å². The highest BCUT2D eigenvalue weighted by atomic mass is 35.5. The molecule has 2 fully saturated rings. The van der Waals surface area contributed by atoms with Gasteiger partial charge in [-0.25, -0.2) is 0 Å². The van der Waals surface area contributed by atoms with Gasteiger partial charge in [0.2, 0.25) is 0 Å². The molecular formula is C17H24ClN. The third-order valence-electron chi connectivity index (χ3n) is 5.12. The second-order valence-electron chi connectivity index (χ2n) is 6.34. The summed E-state index contributed by atoms with van der Waals surface area (Å²) in [5.41, 5.74) is 1.36. The van der Waals surface area contributed by atoms with E-state index in [1.165, 1.54) is 37.7 Å². The van der Waals surface area contributed by atoms with Crippen LogP contribution in [0.5, 0.6) is 0 Å². The van der Waals surface area contributed by atoms with E-state index in [4.69, 9.17) is 11.6 Å². The van der Waals surface area contributed by atoms with E-state index in [9.17, 15) is 0 Å². The second kappa shape index (κ2) is 5.85.